The predicted octanol–water partition coefficient (Wildman–Crippen LogP) is 3.88. The molecule has 0 aliphatic carbocycles. The van der Waals surface area contributed by atoms with E-state index in [-0.39, 0.29) is 0 Å². The fraction of sp³-hybridized carbons (Fsp3) is 0.250. The zero-order chi connectivity index (χ0) is 16.8. The summed E-state index contributed by atoms with van der Waals surface area (Å²) in [6.07, 6.45) is 0.942. The monoisotopic (exact) mass is 322 g/mol. The number of benzene rings is 2. The predicted molar refractivity (Wildman–Crippen MR) is 96.3 cm³/mol. The Morgan fingerprint density at radius 3 is 2.54 bits per heavy atom. The van der Waals surface area contributed by atoms with E-state index in [9.17, 15) is 0 Å². The molecule has 0 fully saturated rings. The Hall–Kier alpha value is -2.59. The molecular formula is C20H22N2O2. The molecule has 0 radical (unpaired) electrons. The third kappa shape index (κ3) is 4.03. The number of fused-ring (bicyclic) bond motifs is 1. The van der Waals surface area contributed by atoms with Gasteiger partial charge in [-0.05, 0) is 32.6 Å². The van der Waals surface area contributed by atoms with Crippen molar-refractivity contribution in [2.45, 2.75) is 6.42 Å². The van der Waals surface area contributed by atoms with Gasteiger partial charge in [0, 0.05) is 23.6 Å². The van der Waals surface area contributed by atoms with Gasteiger partial charge in [-0.3, -0.25) is 0 Å². The molecule has 0 unspecified atom stereocenters. The Morgan fingerprint density at radius 2 is 1.75 bits per heavy atom. The van der Waals surface area contributed by atoms with Crippen molar-refractivity contribution in [1.29, 1.82) is 0 Å². The van der Waals surface area contributed by atoms with Crippen LogP contribution < -0.4 is 5.36 Å². The van der Waals surface area contributed by atoms with Crippen LogP contribution in [0.15, 0.2) is 70.2 Å². The fourth-order valence-corrected chi connectivity index (χ4v) is 2.50. The maximum atomic E-state index is 6.03. The average Bonchev–Trinajstić information content (AvgIpc) is 2.61. The summed E-state index contributed by atoms with van der Waals surface area (Å²) < 4.78 is 6.03. The highest BCUT2D eigenvalue weighted by Crippen LogP contribution is 2.21. The topological polar surface area (TPSA) is 38.0 Å². The Balaban J connectivity index is 1.93. The summed E-state index contributed by atoms with van der Waals surface area (Å²) in [5.74, 6) is 0.782. The van der Waals surface area contributed by atoms with Crippen LogP contribution in [0, 0.1) is 0 Å². The van der Waals surface area contributed by atoms with Gasteiger partial charge in [0.1, 0.15) is 23.3 Å². The molecule has 0 saturated heterocycles. The molecule has 0 aliphatic heterocycles. The SMILES string of the molecule is CN(C)CCCO/N=c1/cc(-c2ccccc2)oc2ccccc12. The molecule has 24 heavy (non-hydrogen) atoms. The Labute approximate surface area is 142 Å². The minimum atomic E-state index is 0.596. The van der Waals surface area contributed by atoms with Crippen molar-refractivity contribution in [2.24, 2.45) is 5.16 Å². The number of para-hydroxylation sites is 1. The van der Waals surface area contributed by atoms with E-state index in [1.165, 1.54) is 0 Å². The number of hydrogen-bond donors (Lipinski definition) is 0. The molecule has 3 aromatic rings. The molecular weight excluding hydrogens is 300 g/mol. The van der Waals surface area contributed by atoms with E-state index in [0.717, 1.165) is 40.6 Å². The van der Waals surface area contributed by atoms with Gasteiger partial charge in [0.05, 0.1) is 0 Å². The summed E-state index contributed by atoms with van der Waals surface area (Å²) in [7, 11) is 4.10. The van der Waals surface area contributed by atoms with Crippen molar-refractivity contribution >= 4 is 11.0 Å². The zero-order valence-electron chi connectivity index (χ0n) is 14.1. The van der Waals surface area contributed by atoms with E-state index in [1.807, 2.05) is 60.7 Å². The van der Waals surface area contributed by atoms with E-state index >= 15 is 0 Å². The molecule has 0 spiro atoms. The maximum Gasteiger partial charge on any atom is 0.136 e. The van der Waals surface area contributed by atoms with Crippen molar-refractivity contribution in [1.82, 2.24) is 4.90 Å². The maximum absolute atomic E-state index is 6.03. The molecule has 0 bridgehead atoms. The lowest BCUT2D eigenvalue weighted by atomic mass is 10.1. The van der Waals surface area contributed by atoms with Crippen LogP contribution in [0.3, 0.4) is 0 Å². The first-order valence-corrected chi connectivity index (χ1v) is 8.13. The Kier molecular flexibility index (Phi) is 5.29. The zero-order valence-corrected chi connectivity index (χ0v) is 14.1. The van der Waals surface area contributed by atoms with Gasteiger partial charge in [-0.1, -0.05) is 47.6 Å². The quantitative estimate of drug-likeness (QED) is 0.510. The molecule has 124 valence electrons. The van der Waals surface area contributed by atoms with Crippen LogP contribution in [0.4, 0.5) is 0 Å². The molecule has 4 heteroatoms. The Bertz CT molecular complexity index is 854. The van der Waals surface area contributed by atoms with Crippen molar-refractivity contribution in [3.63, 3.8) is 0 Å². The lowest BCUT2D eigenvalue weighted by molar-refractivity contribution is 0.125. The van der Waals surface area contributed by atoms with E-state index in [4.69, 9.17) is 9.25 Å². The van der Waals surface area contributed by atoms with Crippen LogP contribution in [0.2, 0.25) is 0 Å². The molecule has 0 amide bonds. The van der Waals surface area contributed by atoms with Gasteiger partial charge < -0.3 is 14.2 Å². The van der Waals surface area contributed by atoms with Gasteiger partial charge in [0.2, 0.25) is 0 Å². The van der Waals surface area contributed by atoms with E-state index < -0.39 is 0 Å². The van der Waals surface area contributed by atoms with Gasteiger partial charge >= 0.3 is 0 Å². The van der Waals surface area contributed by atoms with Crippen LogP contribution >= 0.6 is 0 Å². The van der Waals surface area contributed by atoms with Crippen molar-refractivity contribution in [2.75, 3.05) is 27.2 Å². The molecule has 0 saturated carbocycles. The number of rotatable bonds is 6. The van der Waals surface area contributed by atoms with Crippen LogP contribution in [0.25, 0.3) is 22.3 Å². The normalized spacial score (nSPS) is 12.0. The fourth-order valence-electron chi connectivity index (χ4n) is 2.50. The lowest BCUT2D eigenvalue weighted by Crippen LogP contribution is -2.14. The molecule has 1 aromatic heterocycles. The van der Waals surface area contributed by atoms with E-state index in [1.54, 1.807) is 0 Å². The molecule has 0 atom stereocenters. The third-order valence-electron chi connectivity index (χ3n) is 3.71. The van der Waals surface area contributed by atoms with Crippen LogP contribution in [0.5, 0.6) is 0 Å². The first-order valence-electron chi connectivity index (χ1n) is 8.13. The summed E-state index contributed by atoms with van der Waals surface area (Å²) in [5.41, 5.74) is 1.82. The van der Waals surface area contributed by atoms with Crippen molar-refractivity contribution < 1.29 is 9.25 Å². The molecule has 0 N–H and O–H groups in total. The number of hydrogen-bond acceptors (Lipinski definition) is 4. The van der Waals surface area contributed by atoms with Gasteiger partial charge in [-0.2, -0.15) is 0 Å². The summed E-state index contributed by atoms with van der Waals surface area (Å²) in [5, 5.41) is 6.08. The first kappa shape index (κ1) is 16.3. The number of nitrogens with zero attached hydrogens (tertiary/aromatic N) is 2. The van der Waals surface area contributed by atoms with Crippen LogP contribution in [0.1, 0.15) is 6.42 Å². The van der Waals surface area contributed by atoms with Gasteiger partial charge in [0.15, 0.2) is 0 Å². The highest BCUT2D eigenvalue weighted by atomic mass is 16.6. The second-order valence-electron chi connectivity index (χ2n) is 5.94. The van der Waals surface area contributed by atoms with Gasteiger partial charge in [-0.25, -0.2) is 0 Å². The molecule has 3 rings (SSSR count). The lowest BCUT2D eigenvalue weighted by Gasteiger charge is -2.08. The summed E-state index contributed by atoms with van der Waals surface area (Å²) in [6.45, 7) is 1.58. The molecule has 1 heterocycles. The summed E-state index contributed by atoms with van der Waals surface area (Å²) in [6, 6.07) is 19.8. The average molecular weight is 322 g/mol. The van der Waals surface area contributed by atoms with E-state index in [0.29, 0.717) is 6.61 Å². The first-order chi connectivity index (χ1) is 11.7. The Morgan fingerprint density at radius 1 is 1.00 bits per heavy atom. The molecule has 4 nitrogen and oxygen atoms in total. The van der Waals surface area contributed by atoms with Crippen molar-refractivity contribution in [3.8, 4) is 11.3 Å². The summed E-state index contributed by atoms with van der Waals surface area (Å²) in [4.78, 5) is 7.66. The van der Waals surface area contributed by atoms with Crippen LogP contribution in [-0.4, -0.2) is 32.1 Å². The largest absolute Gasteiger partial charge is 0.456 e. The van der Waals surface area contributed by atoms with Crippen molar-refractivity contribution in [3.05, 3.63) is 66.0 Å². The van der Waals surface area contributed by atoms with E-state index in [2.05, 4.69) is 24.2 Å². The van der Waals surface area contributed by atoms with Gasteiger partial charge in [0.25, 0.3) is 0 Å². The summed E-state index contributed by atoms with van der Waals surface area (Å²) >= 11 is 0. The third-order valence-corrected chi connectivity index (χ3v) is 3.71. The highest BCUT2D eigenvalue weighted by molar-refractivity contribution is 5.78. The second-order valence-corrected chi connectivity index (χ2v) is 5.94. The second kappa shape index (κ2) is 7.79. The van der Waals surface area contributed by atoms with Crippen LogP contribution in [-0.2, 0) is 4.84 Å². The smallest absolute Gasteiger partial charge is 0.136 e. The minimum Gasteiger partial charge on any atom is -0.456 e. The van der Waals surface area contributed by atoms with Gasteiger partial charge in [-0.15, -0.1) is 0 Å². The molecule has 2 aromatic carbocycles. The minimum absolute atomic E-state index is 0.596. The standard InChI is InChI=1S/C20H22N2O2/c1-22(2)13-8-14-23-21-18-15-20(16-9-4-3-5-10-16)24-19-12-7-6-11-17(18)19/h3-7,9-12,15H,8,13-14H2,1-2H3/b21-18-. The molecule has 0 aliphatic rings. The highest BCUT2D eigenvalue weighted by Gasteiger charge is 2.05.